The molecule has 172 valence electrons. The highest BCUT2D eigenvalue weighted by atomic mass is 35.5. The third-order valence-electron chi connectivity index (χ3n) is 6.24. The molecule has 1 aromatic heterocycles. The first-order chi connectivity index (χ1) is 15.5. The van der Waals surface area contributed by atoms with Crippen molar-refractivity contribution in [2.24, 2.45) is 5.92 Å². The number of ether oxygens (including phenoxy) is 1. The molecular weight excluding hydrogens is 451 g/mol. The smallest absolute Gasteiger partial charge is 0.320 e. The molecule has 4 rings (SSSR count). The number of amides is 2. The maximum absolute atomic E-state index is 13.5. The first-order valence-corrected chi connectivity index (χ1v) is 12.4. The Morgan fingerprint density at radius 3 is 2.53 bits per heavy atom. The zero-order valence-electron chi connectivity index (χ0n) is 18.1. The summed E-state index contributed by atoms with van der Waals surface area (Å²) in [4.78, 5) is 21.3. The second-order valence-electron chi connectivity index (χ2n) is 8.16. The van der Waals surface area contributed by atoms with Crippen LogP contribution >= 0.6 is 23.5 Å². The van der Waals surface area contributed by atoms with Crippen LogP contribution in [0.2, 0.25) is 5.02 Å². The Bertz CT molecular complexity index is 894. The van der Waals surface area contributed by atoms with E-state index in [0.29, 0.717) is 30.6 Å². The van der Waals surface area contributed by atoms with E-state index in [4.69, 9.17) is 16.3 Å². The number of rotatable bonds is 5. The average molecular weight is 479 g/mol. The van der Waals surface area contributed by atoms with Crippen LogP contribution in [-0.2, 0) is 0 Å². The van der Waals surface area contributed by atoms with Gasteiger partial charge in [0.1, 0.15) is 5.82 Å². The zero-order chi connectivity index (χ0) is 22.5. The Balaban J connectivity index is 1.44. The van der Waals surface area contributed by atoms with Gasteiger partial charge in [-0.3, -0.25) is 0 Å². The molecule has 0 N–H and O–H groups in total. The molecule has 2 aliphatic rings. The molecule has 32 heavy (non-hydrogen) atoms. The summed E-state index contributed by atoms with van der Waals surface area (Å²) in [7, 11) is 0. The minimum absolute atomic E-state index is 0.0630. The molecule has 0 radical (unpaired) electrons. The van der Waals surface area contributed by atoms with Gasteiger partial charge in [0.2, 0.25) is 5.88 Å². The summed E-state index contributed by atoms with van der Waals surface area (Å²) in [6.45, 7) is 5.00. The minimum atomic E-state index is -0.262. The molecule has 6 nitrogen and oxygen atoms in total. The normalized spacial score (nSPS) is 22.1. The van der Waals surface area contributed by atoms with Gasteiger partial charge in [0, 0.05) is 63.4 Å². The highest BCUT2D eigenvalue weighted by Gasteiger charge is 2.35. The summed E-state index contributed by atoms with van der Waals surface area (Å²) in [5.74, 6) is 0.517. The van der Waals surface area contributed by atoms with E-state index < -0.39 is 0 Å². The number of nitrogens with zero attached hydrogens (tertiary/aromatic N) is 4. The summed E-state index contributed by atoms with van der Waals surface area (Å²) < 4.78 is 21.8. The van der Waals surface area contributed by atoms with Gasteiger partial charge in [-0.15, -0.1) is 0 Å². The van der Waals surface area contributed by atoms with Crippen LogP contribution in [-0.4, -0.2) is 77.3 Å². The quantitative estimate of drug-likeness (QED) is 0.597. The SMILES string of the molecule is CSN1CCN(C(=O)N2CCC(COc3ccc(Cl)cn3)C(c3ccc(F)cc3)C2)CC1. The van der Waals surface area contributed by atoms with Crippen LogP contribution in [0.3, 0.4) is 0 Å². The van der Waals surface area contributed by atoms with Gasteiger partial charge < -0.3 is 14.5 Å². The van der Waals surface area contributed by atoms with E-state index >= 15 is 0 Å². The summed E-state index contributed by atoms with van der Waals surface area (Å²) in [6, 6.07) is 10.2. The Labute approximate surface area is 197 Å². The van der Waals surface area contributed by atoms with Crippen LogP contribution in [0.15, 0.2) is 42.6 Å². The number of piperidine rings is 1. The molecule has 0 spiro atoms. The number of pyridine rings is 1. The number of piperazine rings is 1. The number of hydrogen-bond donors (Lipinski definition) is 0. The summed E-state index contributed by atoms with van der Waals surface area (Å²) in [6.07, 6.45) is 4.44. The van der Waals surface area contributed by atoms with Crippen molar-refractivity contribution in [1.82, 2.24) is 19.1 Å². The molecular formula is C23H28ClFN4O2S. The van der Waals surface area contributed by atoms with Gasteiger partial charge in [-0.25, -0.2) is 18.5 Å². The lowest BCUT2D eigenvalue weighted by atomic mass is 9.81. The van der Waals surface area contributed by atoms with E-state index in [1.807, 2.05) is 21.9 Å². The van der Waals surface area contributed by atoms with Crippen molar-refractivity contribution < 1.29 is 13.9 Å². The molecule has 2 saturated heterocycles. The molecule has 9 heteroatoms. The molecule has 2 fully saturated rings. The predicted molar refractivity (Wildman–Crippen MR) is 126 cm³/mol. The monoisotopic (exact) mass is 478 g/mol. The van der Waals surface area contributed by atoms with Gasteiger partial charge in [-0.2, -0.15) is 0 Å². The predicted octanol–water partition coefficient (Wildman–Crippen LogP) is 4.37. The minimum Gasteiger partial charge on any atom is -0.477 e. The summed E-state index contributed by atoms with van der Waals surface area (Å²) in [5, 5.41) is 0.562. The summed E-state index contributed by atoms with van der Waals surface area (Å²) in [5.41, 5.74) is 1.02. The Kier molecular flexibility index (Phi) is 7.75. The molecule has 0 saturated carbocycles. The zero-order valence-corrected chi connectivity index (χ0v) is 19.7. The second kappa shape index (κ2) is 10.7. The molecule has 3 heterocycles. The Morgan fingerprint density at radius 1 is 1.12 bits per heavy atom. The lowest BCUT2D eigenvalue weighted by Gasteiger charge is -2.42. The average Bonchev–Trinajstić information content (AvgIpc) is 2.84. The van der Waals surface area contributed by atoms with Gasteiger partial charge in [0.05, 0.1) is 11.6 Å². The van der Waals surface area contributed by atoms with E-state index in [9.17, 15) is 9.18 Å². The van der Waals surface area contributed by atoms with E-state index in [1.165, 1.54) is 12.1 Å². The standard InChI is InChI=1S/C23H28ClFN4O2S/c1-32-29-12-10-27(11-13-29)23(30)28-9-8-18(16-31-22-7-4-19(24)14-26-22)21(15-28)17-2-5-20(25)6-3-17/h2-7,14,18,21H,8-13,15-16H2,1H3. The fourth-order valence-electron chi connectivity index (χ4n) is 4.36. The number of carbonyl (C=O) groups is 1. The van der Waals surface area contributed by atoms with Crippen molar-refractivity contribution in [2.75, 3.05) is 52.1 Å². The fraction of sp³-hybridized carbons (Fsp3) is 0.478. The van der Waals surface area contributed by atoms with Crippen molar-refractivity contribution in [3.8, 4) is 5.88 Å². The number of carbonyl (C=O) groups excluding carboxylic acids is 1. The number of halogens is 2. The number of aromatic nitrogens is 1. The molecule has 1 aromatic carbocycles. The fourth-order valence-corrected chi connectivity index (χ4v) is 5.00. The van der Waals surface area contributed by atoms with Gasteiger partial charge in [0.15, 0.2) is 0 Å². The lowest BCUT2D eigenvalue weighted by molar-refractivity contribution is 0.0967. The summed E-state index contributed by atoms with van der Waals surface area (Å²) >= 11 is 7.63. The van der Waals surface area contributed by atoms with Crippen LogP contribution in [0.1, 0.15) is 17.9 Å². The van der Waals surface area contributed by atoms with Crippen LogP contribution < -0.4 is 4.74 Å². The number of hydrogen-bond acceptors (Lipinski definition) is 5. The maximum Gasteiger partial charge on any atom is 0.320 e. The molecule has 2 aliphatic heterocycles. The Hall–Kier alpha value is -2.03. The number of urea groups is 1. The first-order valence-electron chi connectivity index (χ1n) is 10.9. The second-order valence-corrected chi connectivity index (χ2v) is 9.48. The topological polar surface area (TPSA) is 48.9 Å². The van der Waals surface area contributed by atoms with E-state index in [-0.39, 0.29) is 23.7 Å². The van der Waals surface area contributed by atoms with Gasteiger partial charge in [0.25, 0.3) is 0 Å². The van der Waals surface area contributed by atoms with Gasteiger partial charge >= 0.3 is 6.03 Å². The van der Waals surface area contributed by atoms with E-state index in [0.717, 1.165) is 38.2 Å². The van der Waals surface area contributed by atoms with Crippen molar-refractivity contribution in [3.05, 3.63) is 59.0 Å². The van der Waals surface area contributed by atoms with Crippen molar-refractivity contribution >= 4 is 29.6 Å². The largest absolute Gasteiger partial charge is 0.477 e. The first kappa shape index (κ1) is 23.1. The third kappa shape index (κ3) is 5.66. The number of benzene rings is 1. The van der Waals surface area contributed by atoms with Gasteiger partial charge in [-0.05, 0) is 36.4 Å². The Morgan fingerprint density at radius 2 is 1.88 bits per heavy atom. The van der Waals surface area contributed by atoms with E-state index in [1.54, 1.807) is 30.3 Å². The van der Waals surface area contributed by atoms with Crippen molar-refractivity contribution in [1.29, 1.82) is 0 Å². The third-order valence-corrected chi connectivity index (χ3v) is 7.34. The molecule has 2 atom stereocenters. The highest BCUT2D eigenvalue weighted by molar-refractivity contribution is 7.96. The molecule has 0 aliphatic carbocycles. The molecule has 2 unspecified atom stereocenters. The van der Waals surface area contributed by atoms with Crippen LogP contribution in [0.4, 0.5) is 9.18 Å². The van der Waals surface area contributed by atoms with Crippen LogP contribution in [0.5, 0.6) is 5.88 Å². The highest BCUT2D eigenvalue weighted by Crippen LogP contribution is 2.34. The van der Waals surface area contributed by atoms with Crippen LogP contribution in [0.25, 0.3) is 0 Å². The molecule has 2 aromatic rings. The maximum atomic E-state index is 13.5. The number of likely N-dealkylation sites (tertiary alicyclic amines) is 1. The van der Waals surface area contributed by atoms with Crippen molar-refractivity contribution in [3.63, 3.8) is 0 Å². The van der Waals surface area contributed by atoms with Gasteiger partial charge in [-0.1, -0.05) is 35.7 Å². The van der Waals surface area contributed by atoms with Crippen LogP contribution in [0, 0.1) is 11.7 Å². The van der Waals surface area contributed by atoms with Crippen molar-refractivity contribution in [2.45, 2.75) is 12.3 Å². The molecule has 0 bridgehead atoms. The molecule has 2 amide bonds. The van der Waals surface area contributed by atoms with E-state index in [2.05, 4.69) is 15.5 Å². The lowest BCUT2D eigenvalue weighted by Crippen LogP contribution is -2.54.